The number of hydrogen-bond acceptors (Lipinski definition) is 4. The summed E-state index contributed by atoms with van der Waals surface area (Å²) in [5, 5.41) is 3.72. The third-order valence-electron chi connectivity index (χ3n) is 5.79. The Balaban J connectivity index is 1.66. The molecule has 0 bridgehead atoms. The smallest absolute Gasteiger partial charge is 0.185 e. The van der Waals surface area contributed by atoms with Crippen LogP contribution in [-0.4, -0.2) is 18.4 Å². The van der Waals surface area contributed by atoms with Crippen molar-refractivity contribution < 1.29 is 9.47 Å². The molecular weight excluding hydrogens is 388 g/mol. The van der Waals surface area contributed by atoms with E-state index in [2.05, 4.69) is 23.0 Å². The van der Waals surface area contributed by atoms with Crippen LogP contribution in [0.3, 0.4) is 0 Å². The molecule has 1 aromatic carbocycles. The summed E-state index contributed by atoms with van der Waals surface area (Å²) in [5.41, 5.74) is 16.0. The Hall–Kier alpha value is -1.85. The second-order valence-electron chi connectivity index (χ2n) is 8.40. The molecule has 0 aromatic heterocycles. The molecule has 172 valence electrons. The highest BCUT2D eigenvalue weighted by Crippen LogP contribution is 2.30. The molecule has 1 saturated heterocycles. The van der Waals surface area contributed by atoms with Gasteiger partial charge < -0.3 is 15.2 Å². The first kappa shape index (κ1) is 25.4. The van der Waals surface area contributed by atoms with Gasteiger partial charge in [0.25, 0.3) is 0 Å². The average Bonchev–Trinajstić information content (AvgIpc) is 2.80. The number of nitrogens with zero attached hydrogens (tertiary/aromatic N) is 3. The molecule has 0 amide bonds. The second kappa shape index (κ2) is 15.9. The van der Waals surface area contributed by atoms with Gasteiger partial charge in [0.2, 0.25) is 0 Å². The summed E-state index contributed by atoms with van der Waals surface area (Å²) in [6.07, 6.45) is 18.2. The van der Waals surface area contributed by atoms with Gasteiger partial charge in [-0.2, -0.15) is 0 Å². The third kappa shape index (κ3) is 9.88. The number of unbranched alkanes of at least 4 members (excludes halogenated alkanes) is 11. The van der Waals surface area contributed by atoms with Crippen LogP contribution in [0.4, 0.5) is 0 Å². The van der Waals surface area contributed by atoms with Crippen LogP contribution in [0.2, 0.25) is 0 Å². The molecule has 0 aliphatic carbocycles. The molecule has 6 nitrogen and oxygen atoms in total. The molecule has 1 aliphatic heterocycles. The first-order valence-corrected chi connectivity index (χ1v) is 12.1. The molecule has 6 heteroatoms. The van der Waals surface area contributed by atoms with Crippen LogP contribution >= 0.6 is 0 Å². The number of hydrogen-bond donors (Lipinski definition) is 1. The van der Waals surface area contributed by atoms with E-state index in [-0.39, 0.29) is 6.10 Å². The van der Waals surface area contributed by atoms with Gasteiger partial charge >= 0.3 is 0 Å². The highest BCUT2D eigenvalue weighted by Gasteiger charge is 2.36. The van der Waals surface area contributed by atoms with Crippen molar-refractivity contribution in [3.05, 3.63) is 58.5 Å². The maximum absolute atomic E-state index is 8.84. The Bertz CT molecular complexity index is 661. The maximum atomic E-state index is 8.84. The summed E-state index contributed by atoms with van der Waals surface area (Å²) in [5.74, 6) is 0. The van der Waals surface area contributed by atoms with Crippen molar-refractivity contribution in [2.45, 2.75) is 109 Å². The van der Waals surface area contributed by atoms with Crippen LogP contribution in [0.1, 0.15) is 95.8 Å². The fraction of sp³-hybridized carbons (Fsp3) is 0.680. The first-order chi connectivity index (χ1) is 15.3. The largest absolute Gasteiger partial charge is 0.339 e. The van der Waals surface area contributed by atoms with Gasteiger partial charge in [0.1, 0.15) is 0 Å². The van der Waals surface area contributed by atoms with E-state index in [1.807, 2.05) is 36.4 Å². The Kier molecular flexibility index (Phi) is 13.0. The van der Waals surface area contributed by atoms with E-state index >= 15 is 0 Å². The first-order valence-electron chi connectivity index (χ1n) is 12.1. The van der Waals surface area contributed by atoms with Crippen LogP contribution < -0.4 is 5.73 Å². The zero-order valence-electron chi connectivity index (χ0n) is 19.1. The van der Waals surface area contributed by atoms with E-state index in [1.54, 1.807) is 0 Å². The Morgan fingerprint density at radius 1 is 0.935 bits per heavy atom. The second-order valence-corrected chi connectivity index (χ2v) is 8.40. The van der Waals surface area contributed by atoms with Crippen molar-refractivity contribution >= 4 is 0 Å². The minimum Gasteiger partial charge on any atom is -0.339 e. The molecule has 0 saturated carbocycles. The number of benzene rings is 1. The summed E-state index contributed by atoms with van der Waals surface area (Å²) in [4.78, 5) is 2.88. The van der Waals surface area contributed by atoms with Crippen molar-refractivity contribution in [1.29, 1.82) is 0 Å². The maximum Gasteiger partial charge on any atom is 0.185 e. The number of rotatable bonds is 15. The molecule has 2 rings (SSSR count). The van der Waals surface area contributed by atoms with Gasteiger partial charge in [-0.05, 0) is 18.4 Å². The van der Waals surface area contributed by atoms with E-state index < -0.39 is 18.6 Å². The van der Waals surface area contributed by atoms with Crippen molar-refractivity contribution in [3.63, 3.8) is 0 Å². The molecule has 1 fully saturated rings. The highest BCUT2D eigenvalue weighted by molar-refractivity contribution is 5.17. The number of ether oxygens (including phenoxy) is 2. The Morgan fingerprint density at radius 3 is 2.16 bits per heavy atom. The summed E-state index contributed by atoms with van der Waals surface area (Å²) in [7, 11) is 0. The van der Waals surface area contributed by atoms with Crippen LogP contribution in [0.15, 0.2) is 47.6 Å². The molecular formula is C25H40N4O2. The highest BCUT2D eigenvalue weighted by atomic mass is 16.7. The van der Waals surface area contributed by atoms with E-state index in [9.17, 15) is 0 Å². The molecule has 0 radical (unpaired) electrons. The van der Waals surface area contributed by atoms with Gasteiger partial charge in [-0.1, -0.05) is 119 Å². The lowest BCUT2D eigenvalue weighted by Gasteiger charge is -2.37. The van der Waals surface area contributed by atoms with Crippen LogP contribution in [-0.2, 0) is 9.47 Å². The summed E-state index contributed by atoms with van der Waals surface area (Å²) >= 11 is 0. The summed E-state index contributed by atoms with van der Waals surface area (Å²) in [6, 6.07) is 9.13. The Morgan fingerprint density at radius 2 is 1.55 bits per heavy atom. The summed E-state index contributed by atoms with van der Waals surface area (Å²) < 4.78 is 11.8. The molecule has 31 heavy (non-hydrogen) atoms. The lowest BCUT2D eigenvalue weighted by Crippen LogP contribution is -2.50. The van der Waals surface area contributed by atoms with Crippen LogP contribution in [0.25, 0.3) is 10.4 Å². The van der Waals surface area contributed by atoms with Gasteiger partial charge in [-0.3, -0.25) is 0 Å². The summed E-state index contributed by atoms with van der Waals surface area (Å²) in [6.45, 7) is 2.27. The molecule has 1 aromatic rings. The molecule has 4 unspecified atom stereocenters. The van der Waals surface area contributed by atoms with E-state index in [0.717, 1.165) is 12.0 Å². The minimum atomic E-state index is -0.749. The minimum absolute atomic E-state index is 0.345. The standard InChI is InChI=1S/C25H40N4O2/c1-2-3-4-5-6-7-8-9-10-11-12-13-17-20-22-23(26)24(28-29-27)31-25(30-22)21-18-15-14-16-19-21/h14-20,22-25H,2-13,26H2,1H3. The molecule has 2 N–H and O–H groups in total. The van der Waals surface area contributed by atoms with Crippen molar-refractivity contribution in [1.82, 2.24) is 0 Å². The lowest BCUT2D eigenvalue weighted by molar-refractivity contribution is -0.243. The van der Waals surface area contributed by atoms with Crippen molar-refractivity contribution in [2.75, 3.05) is 0 Å². The van der Waals surface area contributed by atoms with Crippen molar-refractivity contribution in [2.24, 2.45) is 10.8 Å². The fourth-order valence-corrected chi connectivity index (χ4v) is 3.90. The number of allylic oxidation sites excluding steroid dienone is 1. The lowest BCUT2D eigenvalue weighted by atomic mass is 10.0. The number of nitrogens with two attached hydrogens (primary N) is 1. The van der Waals surface area contributed by atoms with E-state index in [0.29, 0.717) is 0 Å². The third-order valence-corrected chi connectivity index (χ3v) is 5.79. The Labute approximate surface area is 187 Å². The van der Waals surface area contributed by atoms with E-state index in [1.165, 1.54) is 70.6 Å². The van der Waals surface area contributed by atoms with Gasteiger partial charge in [0.15, 0.2) is 12.5 Å². The molecule has 0 spiro atoms. The van der Waals surface area contributed by atoms with Gasteiger partial charge in [-0.15, -0.1) is 0 Å². The molecule has 1 aliphatic rings. The van der Waals surface area contributed by atoms with Gasteiger partial charge in [0, 0.05) is 10.5 Å². The molecule has 1 heterocycles. The quantitative estimate of drug-likeness (QED) is 0.104. The predicted octanol–water partition coefficient (Wildman–Crippen LogP) is 7.32. The van der Waals surface area contributed by atoms with Gasteiger partial charge in [-0.25, -0.2) is 0 Å². The van der Waals surface area contributed by atoms with Crippen LogP contribution in [0, 0.1) is 0 Å². The zero-order chi connectivity index (χ0) is 22.2. The topological polar surface area (TPSA) is 93.2 Å². The number of azide groups is 1. The van der Waals surface area contributed by atoms with Crippen molar-refractivity contribution in [3.8, 4) is 0 Å². The van der Waals surface area contributed by atoms with Crippen LogP contribution in [0.5, 0.6) is 0 Å². The predicted molar refractivity (Wildman–Crippen MR) is 126 cm³/mol. The fourth-order valence-electron chi connectivity index (χ4n) is 3.90. The monoisotopic (exact) mass is 428 g/mol. The van der Waals surface area contributed by atoms with E-state index in [4.69, 9.17) is 20.7 Å². The molecule has 4 atom stereocenters. The van der Waals surface area contributed by atoms with Gasteiger partial charge in [0.05, 0.1) is 12.1 Å². The normalized spacial score (nSPS) is 23.7. The average molecular weight is 429 g/mol. The zero-order valence-corrected chi connectivity index (χ0v) is 19.1. The SMILES string of the molecule is CCCCCCCCCCCCCC=CC1OC(c2ccccc2)OC(N=[N+]=[N-])C1N.